The van der Waals surface area contributed by atoms with E-state index in [0.29, 0.717) is 5.82 Å². The largest absolute Gasteiger partial charge is 0.265 e. The molecule has 0 bridgehead atoms. The quantitative estimate of drug-likeness (QED) is 0.201. The van der Waals surface area contributed by atoms with Crippen molar-refractivity contribution in [2.24, 2.45) is 0 Å². The van der Waals surface area contributed by atoms with Crippen molar-refractivity contribution in [1.82, 2.24) is 15.0 Å². The van der Waals surface area contributed by atoms with Crippen LogP contribution in [-0.4, -0.2) is 15.0 Å². The summed E-state index contributed by atoms with van der Waals surface area (Å²) in [4.78, 5) is 14.4. The van der Waals surface area contributed by atoms with Crippen LogP contribution >= 0.6 is 0 Å². The molecule has 47 heavy (non-hydrogen) atoms. The number of fused-ring (bicyclic) bond motifs is 6. The van der Waals surface area contributed by atoms with Crippen molar-refractivity contribution in [1.29, 1.82) is 0 Å². The summed E-state index contributed by atoms with van der Waals surface area (Å²) in [7, 11) is 0. The second-order valence-corrected chi connectivity index (χ2v) is 12.8. The van der Waals surface area contributed by atoms with E-state index < -0.39 is 0 Å². The molecule has 3 heteroatoms. The Morgan fingerprint density at radius 1 is 0.426 bits per heavy atom. The summed E-state index contributed by atoms with van der Waals surface area (Å²) in [5.41, 5.74) is 12.7. The molecule has 222 valence electrons. The predicted molar refractivity (Wildman–Crippen MR) is 194 cm³/mol. The number of hydrogen-bond acceptors (Lipinski definition) is 3. The highest BCUT2D eigenvalue weighted by atomic mass is 14.9. The van der Waals surface area contributed by atoms with Crippen molar-refractivity contribution in [2.75, 3.05) is 0 Å². The van der Waals surface area contributed by atoms with E-state index in [1.165, 1.54) is 54.9 Å². The van der Waals surface area contributed by atoms with Gasteiger partial charge in [0.1, 0.15) is 0 Å². The highest BCUT2D eigenvalue weighted by molar-refractivity contribution is 6.07. The normalized spacial score (nSPS) is 13.1. The summed E-state index contributed by atoms with van der Waals surface area (Å²) in [6.07, 6.45) is 3.62. The zero-order valence-electron chi connectivity index (χ0n) is 26.3. The van der Waals surface area contributed by atoms with E-state index in [0.717, 1.165) is 28.1 Å². The molecule has 0 radical (unpaired) electrons. The summed E-state index contributed by atoms with van der Waals surface area (Å²) >= 11 is 0. The van der Waals surface area contributed by atoms with Gasteiger partial charge in [-0.25, -0.2) is 9.97 Å². The van der Waals surface area contributed by atoms with Gasteiger partial charge in [0, 0.05) is 34.5 Å². The molecule has 0 amide bonds. The standard InChI is InChI=1S/C44H31N3/c1-44(2)41-31-14-7-6-11-28(31)19-20-38(41)37-18-10-17-36(42(37)44)34-21-22-35(33-16-9-8-15-32(33)34)40-27-39(29-23-25-45-26-24-29)46-43(47-40)30-12-4-3-5-13-30/h3-27H,1-2H3. The van der Waals surface area contributed by atoms with Crippen molar-refractivity contribution in [3.8, 4) is 56.2 Å². The first-order valence-electron chi connectivity index (χ1n) is 16.1. The van der Waals surface area contributed by atoms with E-state index in [4.69, 9.17) is 9.97 Å². The third-order valence-electron chi connectivity index (χ3n) is 9.76. The fraction of sp³-hybridized carbons (Fsp3) is 0.0682. The molecule has 0 aliphatic heterocycles. The molecule has 0 saturated carbocycles. The Balaban J connectivity index is 1.26. The van der Waals surface area contributed by atoms with Crippen LogP contribution in [0.2, 0.25) is 0 Å². The summed E-state index contributed by atoms with van der Waals surface area (Å²) in [6, 6.07) is 49.8. The molecule has 2 heterocycles. The van der Waals surface area contributed by atoms with Crippen LogP contribution in [0.3, 0.4) is 0 Å². The molecule has 0 saturated heterocycles. The number of pyridine rings is 1. The minimum absolute atomic E-state index is 0.168. The maximum absolute atomic E-state index is 5.16. The first-order valence-corrected chi connectivity index (χ1v) is 16.1. The van der Waals surface area contributed by atoms with Crippen LogP contribution in [-0.2, 0) is 5.41 Å². The van der Waals surface area contributed by atoms with Gasteiger partial charge in [-0.1, -0.05) is 135 Å². The first kappa shape index (κ1) is 27.4. The first-order chi connectivity index (χ1) is 23.1. The predicted octanol–water partition coefficient (Wildman–Crippen LogP) is 11.2. The Morgan fingerprint density at radius 2 is 1.02 bits per heavy atom. The van der Waals surface area contributed by atoms with Crippen molar-refractivity contribution in [3.05, 3.63) is 163 Å². The Bertz CT molecular complexity index is 2420. The second kappa shape index (κ2) is 10.6. The fourth-order valence-corrected chi connectivity index (χ4v) is 7.70. The molecule has 0 N–H and O–H groups in total. The Morgan fingerprint density at radius 3 is 1.81 bits per heavy atom. The van der Waals surface area contributed by atoms with E-state index in [-0.39, 0.29) is 5.41 Å². The number of hydrogen-bond donors (Lipinski definition) is 0. The van der Waals surface area contributed by atoms with Gasteiger partial charge < -0.3 is 0 Å². The summed E-state index contributed by atoms with van der Waals surface area (Å²) in [5.74, 6) is 0.704. The fourth-order valence-electron chi connectivity index (χ4n) is 7.70. The van der Waals surface area contributed by atoms with Gasteiger partial charge in [0.25, 0.3) is 0 Å². The van der Waals surface area contributed by atoms with Gasteiger partial charge in [0.15, 0.2) is 5.82 Å². The van der Waals surface area contributed by atoms with Gasteiger partial charge in [-0.15, -0.1) is 0 Å². The minimum Gasteiger partial charge on any atom is -0.265 e. The molecular formula is C44H31N3. The summed E-state index contributed by atoms with van der Waals surface area (Å²) in [5, 5.41) is 5.00. The van der Waals surface area contributed by atoms with E-state index in [1.807, 2.05) is 42.7 Å². The zero-order chi connectivity index (χ0) is 31.5. The Kier molecular flexibility index (Phi) is 6.16. The maximum Gasteiger partial charge on any atom is 0.160 e. The average molecular weight is 602 g/mol. The third kappa shape index (κ3) is 4.31. The summed E-state index contributed by atoms with van der Waals surface area (Å²) < 4.78 is 0. The Hall–Kier alpha value is -5.93. The molecule has 1 aliphatic rings. The number of rotatable bonds is 4. The number of benzene rings is 6. The molecule has 8 aromatic rings. The highest BCUT2D eigenvalue weighted by Crippen LogP contribution is 2.55. The molecule has 3 nitrogen and oxygen atoms in total. The topological polar surface area (TPSA) is 38.7 Å². The lowest BCUT2D eigenvalue weighted by Gasteiger charge is -2.26. The SMILES string of the molecule is CC1(C)c2c(cccc2-c2ccc(-c3cc(-c4ccncc4)nc(-c4ccccc4)n3)c3ccccc23)-c2ccc3ccccc3c21. The lowest BCUT2D eigenvalue weighted by atomic mass is 9.77. The number of nitrogens with zero attached hydrogens (tertiary/aromatic N) is 3. The second-order valence-electron chi connectivity index (χ2n) is 12.8. The van der Waals surface area contributed by atoms with E-state index >= 15 is 0 Å². The number of aromatic nitrogens is 3. The molecular weight excluding hydrogens is 571 g/mol. The highest BCUT2D eigenvalue weighted by Gasteiger charge is 2.39. The Labute approximate surface area is 274 Å². The lowest BCUT2D eigenvalue weighted by Crippen LogP contribution is -2.17. The molecule has 1 aliphatic carbocycles. The molecule has 6 aromatic carbocycles. The van der Waals surface area contributed by atoms with Crippen molar-refractivity contribution < 1.29 is 0 Å². The van der Waals surface area contributed by atoms with Gasteiger partial charge in [0.2, 0.25) is 0 Å². The van der Waals surface area contributed by atoms with Gasteiger partial charge in [-0.05, 0) is 73.1 Å². The van der Waals surface area contributed by atoms with E-state index in [1.54, 1.807) is 0 Å². The molecule has 0 unspecified atom stereocenters. The van der Waals surface area contributed by atoms with Crippen molar-refractivity contribution in [3.63, 3.8) is 0 Å². The van der Waals surface area contributed by atoms with Crippen LogP contribution in [0, 0.1) is 0 Å². The van der Waals surface area contributed by atoms with Crippen LogP contribution in [0.1, 0.15) is 25.0 Å². The third-order valence-corrected chi connectivity index (χ3v) is 9.76. The zero-order valence-corrected chi connectivity index (χ0v) is 26.3. The van der Waals surface area contributed by atoms with Crippen molar-refractivity contribution in [2.45, 2.75) is 19.3 Å². The maximum atomic E-state index is 5.16. The van der Waals surface area contributed by atoms with Crippen molar-refractivity contribution >= 4 is 21.5 Å². The van der Waals surface area contributed by atoms with Crippen LogP contribution in [0.5, 0.6) is 0 Å². The van der Waals surface area contributed by atoms with Crippen LogP contribution in [0.15, 0.2) is 152 Å². The molecule has 0 atom stereocenters. The molecule has 0 spiro atoms. The van der Waals surface area contributed by atoms with Crippen LogP contribution in [0.4, 0.5) is 0 Å². The van der Waals surface area contributed by atoms with E-state index in [9.17, 15) is 0 Å². The summed E-state index contributed by atoms with van der Waals surface area (Å²) in [6.45, 7) is 4.77. The van der Waals surface area contributed by atoms with Gasteiger partial charge in [0.05, 0.1) is 11.4 Å². The van der Waals surface area contributed by atoms with Gasteiger partial charge in [-0.3, -0.25) is 4.98 Å². The lowest BCUT2D eigenvalue weighted by molar-refractivity contribution is 0.668. The smallest absolute Gasteiger partial charge is 0.160 e. The molecule has 0 fully saturated rings. The molecule has 9 rings (SSSR count). The van der Waals surface area contributed by atoms with Gasteiger partial charge >= 0.3 is 0 Å². The van der Waals surface area contributed by atoms with Crippen LogP contribution < -0.4 is 0 Å². The minimum atomic E-state index is -0.168. The monoisotopic (exact) mass is 601 g/mol. The van der Waals surface area contributed by atoms with Gasteiger partial charge in [-0.2, -0.15) is 0 Å². The average Bonchev–Trinajstić information content (AvgIpc) is 3.38. The molecule has 2 aromatic heterocycles. The van der Waals surface area contributed by atoms with Crippen LogP contribution in [0.25, 0.3) is 77.7 Å². The van der Waals surface area contributed by atoms with E-state index in [2.05, 4.69) is 128 Å².